The third-order valence-electron chi connectivity index (χ3n) is 4.85. The third kappa shape index (κ3) is 4.86. The number of aliphatic imine (C=N–C) groups is 1. The highest BCUT2D eigenvalue weighted by Crippen LogP contribution is 2.46. The summed E-state index contributed by atoms with van der Waals surface area (Å²) in [5.74, 6) is 2.49. The number of benzene rings is 1. The maximum Gasteiger partial charge on any atom is 0.191 e. The first-order valence-corrected chi connectivity index (χ1v) is 8.39. The van der Waals surface area contributed by atoms with Gasteiger partial charge in [-0.05, 0) is 36.7 Å². The summed E-state index contributed by atoms with van der Waals surface area (Å²) in [6.07, 6.45) is 7.98. The molecule has 0 radical (unpaired) electrons. The van der Waals surface area contributed by atoms with Gasteiger partial charge in [0.05, 0.1) is 0 Å². The molecule has 0 amide bonds. The van der Waals surface area contributed by atoms with Gasteiger partial charge in [-0.3, -0.25) is 4.99 Å². The van der Waals surface area contributed by atoms with E-state index >= 15 is 0 Å². The van der Waals surface area contributed by atoms with Gasteiger partial charge in [-0.1, -0.05) is 49.6 Å². The molecule has 0 saturated heterocycles. The summed E-state index contributed by atoms with van der Waals surface area (Å²) >= 11 is 0. The SMILES string of the molecule is CN=C(NCC1CC1c1ccccc1)NC1CCCCC1.I. The van der Waals surface area contributed by atoms with E-state index in [9.17, 15) is 0 Å². The molecule has 22 heavy (non-hydrogen) atoms. The number of nitrogens with zero attached hydrogens (tertiary/aromatic N) is 1. The van der Waals surface area contributed by atoms with Crippen molar-refractivity contribution in [2.24, 2.45) is 10.9 Å². The van der Waals surface area contributed by atoms with Crippen molar-refractivity contribution >= 4 is 29.9 Å². The Morgan fingerprint density at radius 1 is 1.14 bits per heavy atom. The van der Waals surface area contributed by atoms with Crippen LogP contribution >= 0.6 is 24.0 Å². The number of hydrogen-bond donors (Lipinski definition) is 2. The summed E-state index contributed by atoms with van der Waals surface area (Å²) in [7, 11) is 1.87. The molecule has 4 heteroatoms. The van der Waals surface area contributed by atoms with E-state index in [1.807, 2.05) is 7.05 Å². The van der Waals surface area contributed by atoms with Gasteiger partial charge in [-0.2, -0.15) is 0 Å². The Labute approximate surface area is 151 Å². The van der Waals surface area contributed by atoms with Crippen molar-refractivity contribution in [3.8, 4) is 0 Å². The smallest absolute Gasteiger partial charge is 0.191 e. The van der Waals surface area contributed by atoms with E-state index < -0.39 is 0 Å². The largest absolute Gasteiger partial charge is 0.356 e. The maximum atomic E-state index is 4.37. The number of guanidine groups is 1. The minimum Gasteiger partial charge on any atom is -0.356 e. The van der Waals surface area contributed by atoms with Gasteiger partial charge in [-0.15, -0.1) is 24.0 Å². The lowest BCUT2D eigenvalue weighted by Crippen LogP contribution is -2.44. The van der Waals surface area contributed by atoms with Gasteiger partial charge in [0.1, 0.15) is 0 Å². The summed E-state index contributed by atoms with van der Waals surface area (Å²) in [6.45, 7) is 1.03. The number of halogens is 1. The molecule has 2 aliphatic rings. The predicted molar refractivity (Wildman–Crippen MR) is 104 cm³/mol. The molecule has 0 aromatic heterocycles. The monoisotopic (exact) mass is 413 g/mol. The number of hydrogen-bond acceptors (Lipinski definition) is 1. The van der Waals surface area contributed by atoms with Crippen LogP contribution in [-0.2, 0) is 0 Å². The second-order valence-electron chi connectivity index (χ2n) is 6.45. The van der Waals surface area contributed by atoms with Gasteiger partial charge in [0.15, 0.2) is 5.96 Å². The molecule has 0 heterocycles. The number of rotatable bonds is 4. The van der Waals surface area contributed by atoms with Crippen LogP contribution in [0.2, 0.25) is 0 Å². The fourth-order valence-corrected chi connectivity index (χ4v) is 3.44. The second kappa shape index (κ2) is 8.75. The molecule has 2 N–H and O–H groups in total. The van der Waals surface area contributed by atoms with Crippen LogP contribution in [0.3, 0.4) is 0 Å². The lowest BCUT2D eigenvalue weighted by atomic mass is 9.96. The van der Waals surface area contributed by atoms with Crippen LogP contribution in [0.1, 0.15) is 50.0 Å². The highest BCUT2D eigenvalue weighted by molar-refractivity contribution is 14.0. The average molecular weight is 413 g/mol. The first kappa shape index (κ1) is 17.6. The van der Waals surface area contributed by atoms with E-state index in [4.69, 9.17) is 0 Å². The molecule has 0 aliphatic heterocycles. The zero-order valence-corrected chi connectivity index (χ0v) is 15.8. The van der Waals surface area contributed by atoms with Crippen LogP contribution in [0.25, 0.3) is 0 Å². The highest BCUT2D eigenvalue weighted by Gasteiger charge is 2.37. The van der Waals surface area contributed by atoms with Crippen molar-refractivity contribution in [1.82, 2.24) is 10.6 Å². The summed E-state index contributed by atoms with van der Waals surface area (Å²) in [4.78, 5) is 4.37. The summed E-state index contributed by atoms with van der Waals surface area (Å²) < 4.78 is 0. The van der Waals surface area contributed by atoms with Crippen molar-refractivity contribution in [3.05, 3.63) is 35.9 Å². The Morgan fingerprint density at radius 3 is 2.55 bits per heavy atom. The highest BCUT2D eigenvalue weighted by atomic mass is 127. The fourth-order valence-electron chi connectivity index (χ4n) is 3.44. The van der Waals surface area contributed by atoms with Crippen LogP contribution in [0, 0.1) is 5.92 Å². The molecule has 0 spiro atoms. The topological polar surface area (TPSA) is 36.4 Å². The van der Waals surface area contributed by atoms with E-state index in [2.05, 4.69) is 46.0 Å². The molecule has 2 aliphatic carbocycles. The second-order valence-corrected chi connectivity index (χ2v) is 6.45. The van der Waals surface area contributed by atoms with Crippen LogP contribution in [0.15, 0.2) is 35.3 Å². The van der Waals surface area contributed by atoms with E-state index in [1.165, 1.54) is 44.1 Å². The molecule has 1 aromatic carbocycles. The zero-order chi connectivity index (χ0) is 14.5. The van der Waals surface area contributed by atoms with E-state index in [0.29, 0.717) is 6.04 Å². The van der Waals surface area contributed by atoms with Gasteiger partial charge in [0.25, 0.3) is 0 Å². The lowest BCUT2D eigenvalue weighted by Gasteiger charge is -2.24. The van der Waals surface area contributed by atoms with Crippen molar-refractivity contribution in [3.63, 3.8) is 0 Å². The van der Waals surface area contributed by atoms with Crippen LogP contribution in [0.5, 0.6) is 0 Å². The minimum atomic E-state index is 0. The van der Waals surface area contributed by atoms with Gasteiger partial charge in [-0.25, -0.2) is 0 Å². The molecule has 122 valence electrons. The lowest BCUT2D eigenvalue weighted by molar-refractivity contribution is 0.410. The van der Waals surface area contributed by atoms with E-state index in [1.54, 1.807) is 0 Å². The molecular weight excluding hydrogens is 385 g/mol. The van der Waals surface area contributed by atoms with Crippen LogP contribution in [0.4, 0.5) is 0 Å². The first-order chi connectivity index (χ1) is 10.4. The summed E-state index contributed by atoms with van der Waals surface area (Å²) in [5.41, 5.74) is 1.49. The van der Waals surface area contributed by atoms with Crippen LogP contribution < -0.4 is 10.6 Å². The molecule has 3 nitrogen and oxygen atoms in total. The van der Waals surface area contributed by atoms with Gasteiger partial charge < -0.3 is 10.6 Å². The van der Waals surface area contributed by atoms with Gasteiger partial charge in [0.2, 0.25) is 0 Å². The molecule has 0 bridgehead atoms. The Bertz CT molecular complexity index is 468. The van der Waals surface area contributed by atoms with Crippen molar-refractivity contribution in [2.75, 3.05) is 13.6 Å². The quantitative estimate of drug-likeness (QED) is 0.446. The Kier molecular flexibility index (Phi) is 6.99. The van der Waals surface area contributed by atoms with Crippen LogP contribution in [-0.4, -0.2) is 25.6 Å². The maximum absolute atomic E-state index is 4.37. The molecule has 2 saturated carbocycles. The van der Waals surface area contributed by atoms with E-state index in [0.717, 1.165) is 24.3 Å². The third-order valence-corrected chi connectivity index (χ3v) is 4.85. The molecule has 2 fully saturated rings. The Balaban J connectivity index is 0.00000176. The summed E-state index contributed by atoms with van der Waals surface area (Å²) in [5, 5.41) is 7.10. The van der Waals surface area contributed by atoms with Crippen molar-refractivity contribution < 1.29 is 0 Å². The zero-order valence-electron chi connectivity index (χ0n) is 13.4. The Morgan fingerprint density at radius 2 is 1.86 bits per heavy atom. The molecule has 2 atom stereocenters. The van der Waals surface area contributed by atoms with Crippen molar-refractivity contribution in [2.45, 2.75) is 50.5 Å². The number of nitrogens with one attached hydrogen (secondary N) is 2. The predicted octanol–water partition coefficient (Wildman–Crippen LogP) is 3.91. The molecule has 3 rings (SSSR count). The molecule has 2 unspecified atom stereocenters. The first-order valence-electron chi connectivity index (χ1n) is 8.39. The fraction of sp³-hybridized carbons (Fsp3) is 0.611. The molecular formula is C18H28IN3. The average Bonchev–Trinajstić information content (AvgIpc) is 3.33. The summed E-state index contributed by atoms with van der Waals surface area (Å²) in [6, 6.07) is 11.5. The van der Waals surface area contributed by atoms with E-state index in [-0.39, 0.29) is 24.0 Å². The Hall–Kier alpha value is -0.780. The molecule has 1 aromatic rings. The normalized spacial score (nSPS) is 25.2. The van der Waals surface area contributed by atoms with Gasteiger partial charge in [0, 0.05) is 19.6 Å². The minimum absolute atomic E-state index is 0. The van der Waals surface area contributed by atoms with Gasteiger partial charge >= 0.3 is 0 Å². The standard InChI is InChI=1S/C18H27N3.HI/c1-19-18(21-16-10-6-3-7-11-16)20-13-15-12-17(15)14-8-4-2-5-9-14;/h2,4-5,8-9,15-17H,3,6-7,10-13H2,1H3,(H2,19,20,21);1H. The van der Waals surface area contributed by atoms with Crippen molar-refractivity contribution in [1.29, 1.82) is 0 Å².